The van der Waals surface area contributed by atoms with Crippen LogP contribution >= 0.6 is 0 Å². The second-order valence-electron chi connectivity index (χ2n) is 6.14. The molecular formula is C22H16N2O4. The monoisotopic (exact) mass is 372 g/mol. The third-order valence-corrected chi connectivity index (χ3v) is 4.38. The van der Waals surface area contributed by atoms with E-state index in [0.29, 0.717) is 34.9 Å². The van der Waals surface area contributed by atoms with Gasteiger partial charge in [-0.25, -0.2) is 4.79 Å². The Morgan fingerprint density at radius 3 is 2.71 bits per heavy atom. The summed E-state index contributed by atoms with van der Waals surface area (Å²) >= 11 is 0. The minimum atomic E-state index is -0.437. The highest BCUT2D eigenvalue weighted by molar-refractivity contribution is 5.95. The van der Waals surface area contributed by atoms with Crippen LogP contribution in [-0.4, -0.2) is 17.6 Å². The number of allylic oxidation sites excluding steroid dienone is 1. The van der Waals surface area contributed by atoms with E-state index in [0.717, 1.165) is 11.1 Å². The Morgan fingerprint density at radius 1 is 1.21 bits per heavy atom. The molecule has 0 radical (unpaired) electrons. The summed E-state index contributed by atoms with van der Waals surface area (Å²) in [5, 5.41) is 9.40. The first-order valence-electron chi connectivity index (χ1n) is 8.60. The van der Waals surface area contributed by atoms with Gasteiger partial charge in [-0.05, 0) is 17.7 Å². The van der Waals surface area contributed by atoms with Gasteiger partial charge in [-0.1, -0.05) is 30.3 Å². The van der Waals surface area contributed by atoms with Gasteiger partial charge < -0.3 is 18.1 Å². The summed E-state index contributed by atoms with van der Waals surface area (Å²) in [6, 6.07) is 18.8. The molecule has 3 aromatic heterocycles. The van der Waals surface area contributed by atoms with E-state index < -0.39 is 5.97 Å². The summed E-state index contributed by atoms with van der Waals surface area (Å²) in [5.41, 5.74) is 3.08. The molecule has 0 aliphatic carbocycles. The van der Waals surface area contributed by atoms with Crippen molar-refractivity contribution in [1.29, 1.82) is 5.26 Å². The molecule has 4 rings (SSSR count). The van der Waals surface area contributed by atoms with E-state index >= 15 is 0 Å². The average molecular weight is 372 g/mol. The summed E-state index contributed by atoms with van der Waals surface area (Å²) in [6.45, 7) is 0.487. The third kappa shape index (κ3) is 3.21. The lowest BCUT2D eigenvalue weighted by Gasteiger charge is -2.08. The molecule has 0 aliphatic rings. The zero-order chi connectivity index (χ0) is 19.5. The fourth-order valence-electron chi connectivity index (χ4n) is 3.07. The molecule has 138 valence electrons. The number of furan rings is 2. The molecule has 6 heteroatoms. The molecule has 0 bridgehead atoms. The summed E-state index contributed by atoms with van der Waals surface area (Å²) in [4.78, 5) is 12.2. The smallest absolute Gasteiger partial charge is 0.354 e. The zero-order valence-corrected chi connectivity index (χ0v) is 15.1. The molecule has 0 fully saturated rings. The van der Waals surface area contributed by atoms with Gasteiger partial charge in [0, 0.05) is 24.8 Å². The molecule has 3 heterocycles. The minimum absolute atomic E-state index is 0.351. The van der Waals surface area contributed by atoms with Crippen molar-refractivity contribution < 1.29 is 18.4 Å². The first kappa shape index (κ1) is 17.4. The van der Waals surface area contributed by atoms with E-state index in [1.807, 2.05) is 34.9 Å². The van der Waals surface area contributed by atoms with Crippen molar-refractivity contribution >= 4 is 28.7 Å². The Labute approximate surface area is 160 Å². The van der Waals surface area contributed by atoms with Crippen LogP contribution in [0, 0.1) is 11.3 Å². The molecule has 0 amide bonds. The van der Waals surface area contributed by atoms with Crippen molar-refractivity contribution in [3.05, 3.63) is 83.6 Å². The maximum absolute atomic E-state index is 12.2. The van der Waals surface area contributed by atoms with E-state index in [1.165, 1.54) is 13.4 Å². The number of methoxy groups -OCH3 is 1. The van der Waals surface area contributed by atoms with Gasteiger partial charge in [-0.3, -0.25) is 0 Å². The summed E-state index contributed by atoms with van der Waals surface area (Å²) < 4.78 is 17.9. The van der Waals surface area contributed by atoms with Gasteiger partial charge in [-0.2, -0.15) is 5.26 Å². The quantitative estimate of drug-likeness (QED) is 0.374. The maximum Gasteiger partial charge on any atom is 0.354 e. The Balaban J connectivity index is 1.79. The topological polar surface area (TPSA) is 81.3 Å². The number of nitrogens with zero attached hydrogens (tertiary/aromatic N) is 2. The third-order valence-electron chi connectivity index (χ3n) is 4.38. The van der Waals surface area contributed by atoms with Gasteiger partial charge in [0.25, 0.3) is 0 Å². The predicted octanol–water partition coefficient (Wildman–Crippen LogP) is 4.73. The molecule has 4 aromatic rings. The lowest BCUT2D eigenvalue weighted by atomic mass is 10.2. The van der Waals surface area contributed by atoms with Crippen LogP contribution in [0.1, 0.15) is 27.6 Å². The van der Waals surface area contributed by atoms with Crippen molar-refractivity contribution in [3.8, 4) is 6.07 Å². The fourth-order valence-corrected chi connectivity index (χ4v) is 3.07. The molecule has 0 aliphatic heterocycles. The Hall–Kier alpha value is -3.98. The minimum Gasteiger partial charge on any atom is -0.464 e. The standard InChI is InChI=1S/C22H16N2O4/c1-26-22(25)19-12-21-18(24(19)14-15-6-3-2-4-7-15)11-17(28-21)10-16(13-23)20-8-5-9-27-20/h2-12H,14H2,1H3/b16-10-. The highest BCUT2D eigenvalue weighted by Crippen LogP contribution is 2.28. The number of aromatic nitrogens is 1. The Kier molecular flexibility index (Phi) is 4.56. The maximum atomic E-state index is 12.2. The molecule has 0 atom stereocenters. The fraction of sp³-hybridized carbons (Fsp3) is 0.0909. The summed E-state index contributed by atoms with van der Waals surface area (Å²) in [5.74, 6) is 0.523. The van der Waals surface area contributed by atoms with Gasteiger partial charge in [0.05, 0.1) is 24.5 Å². The largest absolute Gasteiger partial charge is 0.464 e. The van der Waals surface area contributed by atoms with Gasteiger partial charge in [0.2, 0.25) is 0 Å². The number of fused-ring (bicyclic) bond motifs is 1. The lowest BCUT2D eigenvalue weighted by Crippen LogP contribution is -2.11. The van der Waals surface area contributed by atoms with Crippen molar-refractivity contribution in [2.75, 3.05) is 7.11 Å². The number of hydrogen-bond donors (Lipinski definition) is 0. The molecule has 0 N–H and O–H groups in total. The lowest BCUT2D eigenvalue weighted by molar-refractivity contribution is 0.0589. The molecule has 1 aromatic carbocycles. The predicted molar refractivity (Wildman–Crippen MR) is 103 cm³/mol. The van der Waals surface area contributed by atoms with Crippen LogP contribution < -0.4 is 0 Å². The Bertz CT molecular complexity index is 1190. The van der Waals surface area contributed by atoms with E-state index in [2.05, 4.69) is 6.07 Å². The number of ether oxygens (including phenoxy) is 1. The van der Waals surface area contributed by atoms with E-state index in [1.54, 1.807) is 30.3 Å². The van der Waals surface area contributed by atoms with Crippen LogP contribution in [0.25, 0.3) is 22.7 Å². The molecule has 6 nitrogen and oxygen atoms in total. The SMILES string of the molecule is COC(=O)c1cc2oc(/C=C(/C#N)c3ccco3)cc2n1Cc1ccccc1. The summed E-state index contributed by atoms with van der Waals surface area (Å²) in [6.07, 6.45) is 3.12. The van der Waals surface area contributed by atoms with Crippen molar-refractivity contribution in [3.63, 3.8) is 0 Å². The number of hydrogen-bond acceptors (Lipinski definition) is 5. The second-order valence-corrected chi connectivity index (χ2v) is 6.14. The van der Waals surface area contributed by atoms with Crippen LogP contribution in [0.3, 0.4) is 0 Å². The normalized spacial score (nSPS) is 11.5. The molecule has 0 unspecified atom stereocenters. The second kappa shape index (κ2) is 7.33. The van der Waals surface area contributed by atoms with Crippen LogP contribution in [-0.2, 0) is 11.3 Å². The molecule has 28 heavy (non-hydrogen) atoms. The highest BCUT2D eigenvalue weighted by atomic mass is 16.5. The molecule has 0 spiro atoms. The van der Waals surface area contributed by atoms with E-state index in [4.69, 9.17) is 13.6 Å². The van der Waals surface area contributed by atoms with Crippen molar-refractivity contribution in [2.24, 2.45) is 0 Å². The molecule has 0 saturated heterocycles. The van der Waals surface area contributed by atoms with Crippen molar-refractivity contribution in [1.82, 2.24) is 4.57 Å². The van der Waals surface area contributed by atoms with E-state index in [9.17, 15) is 10.1 Å². The number of rotatable bonds is 5. The first-order valence-corrected chi connectivity index (χ1v) is 8.60. The number of nitriles is 1. The molecular weight excluding hydrogens is 356 g/mol. The van der Waals surface area contributed by atoms with Crippen LogP contribution in [0.5, 0.6) is 0 Å². The molecule has 0 saturated carbocycles. The van der Waals surface area contributed by atoms with Crippen LogP contribution in [0.4, 0.5) is 0 Å². The number of carbonyl (C=O) groups is 1. The number of benzene rings is 1. The summed E-state index contributed by atoms with van der Waals surface area (Å²) in [7, 11) is 1.35. The van der Waals surface area contributed by atoms with Gasteiger partial charge in [-0.15, -0.1) is 0 Å². The van der Waals surface area contributed by atoms with Crippen LogP contribution in [0.2, 0.25) is 0 Å². The number of esters is 1. The number of carbonyl (C=O) groups excluding carboxylic acids is 1. The van der Waals surface area contributed by atoms with Gasteiger partial charge >= 0.3 is 5.97 Å². The Morgan fingerprint density at radius 2 is 2.04 bits per heavy atom. The van der Waals surface area contributed by atoms with Crippen LogP contribution in [0.15, 0.2) is 69.7 Å². The average Bonchev–Trinajstić information content (AvgIpc) is 3.44. The zero-order valence-electron chi connectivity index (χ0n) is 15.1. The van der Waals surface area contributed by atoms with Gasteiger partial charge in [0.15, 0.2) is 5.58 Å². The first-order chi connectivity index (χ1) is 13.7. The van der Waals surface area contributed by atoms with E-state index in [-0.39, 0.29) is 0 Å². The highest BCUT2D eigenvalue weighted by Gasteiger charge is 2.20. The van der Waals surface area contributed by atoms with Gasteiger partial charge in [0.1, 0.15) is 23.3 Å². The van der Waals surface area contributed by atoms with Crippen molar-refractivity contribution in [2.45, 2.75) is 6.54 Å².